The van der Waals surface area contributed by atoms with E-state index in [4.69, 9.17) is 0 Å². The van der Waals surface area contributed by atoms with Gasteiger partial charge in [0.2, 0.25) is 5.91 Å². The van der Waals surface area contributed by atoms with Crippen molar-refractivity contribution >= 4 is 17.8 Å². The average Bonchev–Trinajstić information content (AvgIpc) is 2.94. The maximum Gasteiger partial charge on any atom is 0.326 e. The Balaban J connectivity index is 1.66. The van der Waals surface area contributed by atoms with Crippen LogP contribution in [0.1, 0.15) is 36.8 Å². The Morgan fingerprint density at radius 2 is 1.34 bits per heavy atom. The second kappa shape index (κ2) is 8.07. The lowest BCUT2D eigenvalue weighted by Gasteiger charge is -2.28. The van der Waals surface area contributed by atoms with Gasteiger partial charge in [-0.05, 0) is 24.0 Å². The van der Waals surface area contributed by atoms with Crippen molar-refractivity contribution in [2.24, 2.45) is 0 Å². The maximum atomic E-state index is 13.6. The summed E-state index contributed by atoms with van der Waals surface area (Å²) >= 11 is 0. The highest BCUT2D eigenvalue weighted by Gasteiger charge is 2.54. The molecule has 0 unspecified atom stereocenters. The standard InChI is InChI=1S/C23H25N3O3/c27-20(25-15-9-1-2-10-16-25)17-26-21(28)23(24-22(26)29,18-11-5-3-6-12-18)19-13-7-4-8-14-19/h3-8,11-14H,1-2,9-10,15-17H2,(H,24,29). The van der Waals surface area contributed by atoms with Gasteiger partial charge in [0.15, 0.2) is 5.54 Å². The Morgan fingerprint density at radius 1 is 0.828 bits per heavy atom. The lowest BCUT2D eigenvalue weighted by atomic mass is 9.82. The molecule has 2 heterocycles. The molecule has 6 heteroatoms. The van der Waals surface area contributed by atoms with Gasteiger partial charge >= 0.3 is 6.03 Å². The van der Waals surface area contributed by atoms with Crippen LogP contribution in [0.4, 0.5) is 4.79 Å². The van der Waals surface area contributed by atoms with Crippen LogP contribution in [-0.2, 0) is 15.1 Å². The number of carbonyl (C=O) groups is 3. The minimum Gasteiger partial charge on any atom is -0.341 e. The van der Waals surface area contributed by atoms with Gasteiger partial charge < -0.3 is 10.2 Å². The third kappa shape index (κ3) is 3.50. The predicted molar refractivity (Wildman–Crippen MR) is 109 cm³/mol. The maximum absolute atomic E-state index is 13.6. The lowest BCUT2D eigenvalue weighted by molar-refractivity contribution is -0.138. The van der Waals surface area contributed by atoms with E-state index >= 15 is 0 Å². The molecule has 2 aromatic carbocycles. The first-order valence-electron chi connectivity index (χ1n) is 10.2. The summed E-state index contributed by atoms with van der Waals surface area (Å²) in [4.78, 5) is 42.1. The molecule has 6 nitrogen and oxygen atoms in total. The molecule has 2 fully saturated rings. The number of rotatable bonds is 4. The molecule has 0 spiro atoms. The Morgan fingerprint density at radius 3 is 1.86 bits per heavy atom. The number of urea groups is 1. The molecule has 2 saturated heterocycles. The van der Waals surface area contributed by atoms with Crippen molar-refractivity contribution in [1.82, 2.24) is 15.1 Å². The highest BCUT2D eigenvalue weighted by molar-refractivity contribution is 6.11. The third-order valence-electron chi connectivity index (χ3n) is 5.77. The molecule has 0 aromatic heterocycles. The molecular weight excluding hydrogens is 366 g/mol. The van der Waals surface area contributed by atoms with E-state index in [1.807, 2.05) is 60.7 Å². The number of amides is 4. The van der Waals surface area contributed by atoms with Crippen molar-refractivity contribution in [3.63, 3.8) is 0 Å². The molecule has 0 atom stereocenters. The molecule has 2 aliphatic rings. The van der Waals surface area contributed by atoms with E-state index in [-0.39, 0.29) is 12.5 Å². The van der Waals surface area contributed by atoms with Crippen LogP contribution in [0.5, 0.6) is 0 Å². The quantitative estimate of drug-likeness (QED) is 0.815. The topological polar surface area (TPSA) is 69.7 Å². The molecule has 0 aliphatic carbocycles. The van der Waals surface area contributed by atoms with E-state index in [0.29, 0.717) is 24.2 Å². The highest BCUT2D eigenvalue weighted by atomic mass is 16.2. The van der Waals surface area contributed by atoms with Gasteiger partial charge in [-0.1, -0.05) is 73.5 Å². The number of carbonyl (C=O) groups excluding carboxylic acids is 3. The first-order valence-corrected chi connectivity index (χ1v) is 10.2. The second-order valence-corrected chi connectivity index (χ2v) is 7.60. The van der Waals surface area contributed by atoms with Crippen molar-refractivity contribution in [3.05, 3.63) is 71.8 Å². The van der Waals surface area contributed by atoms with Crippen LogP contribution < -0.4 is 5.32 Å². The zero-order valence-electron chi connectivity index (χ0n) is 16.3. The molecule has 4 amide bonds. The van der Waals surface area contributed by atoms with Crippen LogP contribution in [0.25, 0.3) is 0 Å². The second-order valence-electron chi connectivity index (χ2n) is 7.60. The van der Waals surface area contributed by atoms with E-state index in [1.165, 1.54) is 0 Å². The minimum absolute atomic E-state index is 0.174. The number of hydrogen-bond acceptors (Lipinski definition) is 3. The van der Waals surface area contributed by atoms with Gasteiger partial charge in [0.1, 0.15) is 6.54 Å². The van der Waals surface area contributed by atoms with Gasteiger partial charge in [-0.25, -0.2) is 4.79 Å². The van der Waals surface area contributed by atoms with Crippen LogP contribution in [0.2, 0.25) is 0 Å². The molecule has 2 aromatic rings. The number of hydrogen-bond donors (Lipinski definition) is 1. The molecule has 0 bridgehead atoms. The number of nitrogens with one attached hydrogen (secondary N) is 1. The molecule has 29 heavy (non-hydrogen) atoms. The summed E-state index contributed by atoms with van der Waals surface area (Å²) in [5, 5.41) is 2.89. The third-order valence-corrected chi connectivity index (χ3v) is 5.77. The Bertz CT molecular complexity index is 851. The van der Waals surface area contributed by atoms with Gasteiger partial charge in [0.25, 0.3) is 5.91 Å². The summed E-state index contributed by atoms with van der Waals surface area (Å²) in [6.45, 7) is 1.14. The molecular formula is C23H25N3O3. The Hall–Kier alpha value is -3.15. The zero-order valence-corrected chi connectivity index (χ0v) is 16.3. The fourth-order valence-corrected chi connectivity index (χ4v) is 4.21. The first-order chi connectivity index (χ1) is 14.1. The van der Waals surface area contributed by atoms with Gasteiger partial charge in [0, 0.05) is 13.1 Å². The summed E-state index contributed by atoms with van der Waals surface area (Å²) in [6.07, 6.45) is 4.14. The Kier molecular flexibility index (Phi) is 5.34. The van der Waals surface area contributed by atoms with Gasteiger partial charge in [-0.2, -0.15) is 0 Å². The number of likely N-dealkylation sites (tertiary alicyclic amines) is 1. The smallest absolute Gasteiger partial charge is 0.326 e. The van der Waals surface area contributed by atoms with E-state index in [2.05, 4.69) is 5.32 Å². The zero-order chi connectivity index (χ0) is 20.3. The summed E-state index contributed by atoms with van der Waals surface area (Å²) in [6, 6.07) is 17.8. The van der Waals surface area contributed by atoms with Crippen LogP contribution in [0, 0.1) is 0 Å². The molecule has 4 rings (SSSR count). The molecule has 0 radical (unpaired) electrons. The van der Waals surface area contributed by atoms with Crippen LogP contribution in [-0.4, -0.2) is 47.3 Å². The molecule has 150 valence electrons. The Labute approximate surface area is 170 Å². The average molecular weight is 391 g/mol. The largest absolute Gasteiger partial charge is 0.341 e. The summed E-state index contributed by atoms with van der Waals surface area (Å²) in [5.41, 5.74) is 0.0297. The number of nitrogens with zero attached hydrogens (tertiary/aromatic N) is 2. The van der Waals surface area contributed by atoms with Crippen molar-refractivity contribution in [2.45, 2.75) is 31.2 Å². The van der Waals surface area contributed by atoms with Crippen molar-refractivity contribution in [2.75, 3.05) is 19.6 Å². The van der Waals surface area contributed by atoms with E-state index in [9.17, 15) is 14.4 Å². The molecule has 0 saturated carbocycles. The van der Waals surface area contributed by atoms with Crippen LogP contribution in [0.15, 0.2) is 60.7 Å². The van der Waals surface area contributed by atoms with Gasteiger partial charge in [-0.3, -0.25) is 14.5 Å². The summed E-state index contributed by atoms with van der Waals surface area (Å²) in [7, 11) is 0. The van der Waals surface area contributed by atoms with E-state index < -0.39 is 17.5 Å². The number of imide groups is 1. The highest BCUT2D eigenvalue weighted by Crippen LogP contribution is 2.35. The summed E-state index contributed by atoms with van der Waals surface area (Å²) < 4.78 is 0. The van der Waals surface area contributed by atoms with Crippen LogP contribution in [0.3, 0.4) is 0 Å². The molecule has 2 aliphatic heterocycles. The summed E-state index contributed by atoms with van der Waals surface area (Å²) in [5.74, 6) is -0.588. The van der Waals surface area contributed by atoms with Crippen molar-refractivity contribution in [1.29, 1.82) is 0 Å². The first kappa shape index (κ1) is 19.2. The van der Waals surface area contributed by atoms with Gasteiger partial charge in [0.05, 0.1) is 0 Å². The normalized spacial score (nSPS) is 19.0. The monoisotopic (exact) mass is 391 g/mol. The van der Waals surface area contributed by atoms with Crippen molar-refractivity contribution < 1.29 is 14.4 Å². The predicted octanol–water partition coefficient (Wildman–Crippen LogP) is 2.88. The lowest BCUT2D eigenvalue weighted by Crippen LogP contribution is -2.46. The van der Waals surface area contributed by atoms with E-state index in [1.54, 1.807) is 4.90 Å². The fourth-order valence-electron chi connectivity index (χ4n) is 4.21. The molecule has 1 N–H and O–H groups in total. The number of benzene rings is 2. The van der Waals surface area contributed by atoms with Crippen LogP contribution >= 0.6 is 0 Å². The fraction of sp³-hybridized carbons (Fsp3) is 0.348. The SMILES string of the molecule is O=C(CN1C(=O)NC(c2ccccc2)(c2ccccc2)C1=O)N1CCCCCC1. The van der Waals surface area contributed by atoms with E-state index in [0.717, 1.165) is 30.6 Å². The van der Waals surface area contributed by atoms with Gasteiger partial charge in [-0.15, -0.1) is 0 Å². The van der Waals surface area contributed by atoms with Crippen molar-refractivity contribution in [3.8, 4) is 0 Å². The minimum atomic E-state index is -1.32.